The summed E-state index contributed by atoms with van der Waals surface area (Å²) >= 11 is 0. The van der Waals surface area contributed by atoms with Crippen LogP contribution in [0.3, 0.4) is 0 Å². The SMILES string of the molecule is Cc1[nH]c2ncccc2c1C1CCC(N)CC1. The summed E-state index contributed by atoms with van der Waals surface area (Å²) in [6.45, 7) is 2.16. The third-order valence-electron chi connectivity index (χ3n) is 3.99. The van der Waals surface area contributed by atoms with Crippen molar-refractivity contribution in [3.05, 3.63) is 29.6 Å². The summed E-state index contributed by atoms with van der Waals surface area (Å²) in [5.74, 6) is 0.660. The molecule has 0 aliphatic heterocycles. The summed E-state index contributed by atoms with van der Waals surface area (Å²) in [5.41, 5.74) is 9.75. The lowest BCUT2D eigenvalue weighted by Crippen LogP contribution is -2.25. The van der Waals surface area contributed by atoms with E-state index in [1.165, 1.54) is 29.5 Å². The average Bonchev–Trinajstić information content (AvgIpc) is 2.66. The van der Waals surface area contributed by atoms with E-state index in [-0.39, 0.29) is 0 Å². The van der Waals surface area contributed by atoms with Crippen molar-refractivity contribution in [1.29, 1.82) is 0 Å². The van der Waals surface area contributed by atoms with Crippen LogP contribution < -0.4 is 5.73 Å². The van der Waals surface area contributed by atoms with Crippen LogP contribution in [0.2, 0.25) is 0 Å². The van der Waals surface area contributed by atoms with Crippen LogP contribution in [0, 0.1) is 6.92 Å². The number of hydrogen-bond acceptors (Lipinski definition) is 2. The van der Waals surface area contributed by atoms with Gasteiger partial charge in [-0.1, -0.05) is 0 Å². The minimum Gasteiger partial charge on any atom is -0.343 e. The number of aromatic nitrogens is 2. The van der Waals surface area contributed by atoms with Crippen molar-refractivity contribution in [2.75, 3.05) is 0 Å². The first kappa shape index (κ1) is 10.8. The van der Waals surface area contributed by atoms with Gasteiger partial charge in [-0.15, -0.1) is 0 Å². The topological polar surface area (TPSA) is 54.7 Å². The van der Waals surface area contributed by atoms with E-state index in [4.69, 9.17) is 5.73 Å². The molecule has 1 aliphatic rings. The molecular formula is C14H19N3. The molecule has 2 aromatic rings. The smallest absolute Gasteiger partial charge is 0.137 e. The molecule has 0 radical (unpaired) electrons. The van der Waals surface area contributed by atoms with Crippen LogP contribution in [0.1, 0.15) is 42.9 Å². The normalized spacial score (nSPS) is 25.3. The summed E-state index contributed by atoms with van der Waals surface area (Å²) in [7, 11) is 0. The average molecular weight is 229 g/mol. The maximum absolute atomic E-state index is 5.98. The number of pyridine rings is 1. The maximum atomic E-state index is 5.98. The Bertz CT molecular complexity index is 521. The number of aromatic amines is 1. The number of rotatable bonds is 1. The fourth-order valence-corrected chi connectivity index (χ4v) is 3.10. The van der Waals surface area contributed by atoms with Crippen molar-refractivity contribution in [3.63, 3.8) is 0 Å². The second-order valence-corrected chi connectivity index (χ2v) is 5.17. The molecule has 1 fully saturated rings. The molecule has 3 heteroatoms. The van der Waals surface area contributed by atoms with Gasteiger partial charge in [-0.05, 0) is 56.2 Å². The molecule has 3 rings (SSSR count). The second kappa shape index (κ2) is 4.15. The van der Waals surface area contributed by atoms with E-state index in [9.17, 15) is 0 Å². The molecule has 0 amide bonds. The molecule has 2 aromatic heterocycles. The van der Waals surface area contributed by atoms with Crippen molar-refractivity contribution in [3.8, 4) is 0 Å². The summed E-state index contributed by atoms with van der Waals surface area (Å²) in [4.78, 5) is 7.79. The van der Waals surface area contributed by atoms with Crippen LogP contribution >= 0.6 is 0 Å². The van der Waals surface area contributed by atoms with Gasteiger partial charge < -0.3 is 10.7 Å². The van der Waals surface area contributed by atoms with Gasteiger partial charge in [-0.3, -0.25) is 0 Å². The fraction of sp³-hybridized carbons (Fsp3) is 0.500. The Balaban J connectivity index is 2.02. The highest BCUT2D eigenvalue weighted by Crippen LogP contribution is 2.37. The van der Waals surface area contributed by atoms with Gasteiger partial charge >= 0.3 is 0 Å². The number of nitrogens with two attached hydrogens (primary N) is 1. The summed E-state index contributed by atoms with van der Waals surface area (Å²) < 4.78 is 0. The van der Waals surface area contributed by atoms with Crippen LogP contribution in [0.25, 0.3) is 11.0 Å². The molecule has 0 aromatic carbocycles. The monoisotopic (exact) mass is 229 g/mol. The van der Waals surface area contributed by atoms with Gasteiger partial charge in [0.05, 0.1) is 0 Å². The Morgan fingerprint density at radius 3 is 2.82 bits per heavy atom. The minimum atomic E-state index is 0.412. The first-order valence-electron chi connectivity index (χ1n) is 6.44. The van der Waals surface area contributed by atoms with Crippen molar-refractivity contribution in [2.45, 2.75) is 44.6 Å². The van der Waals surface area contributed by atoms with Crippen LogP contribution in [0.15, 0.2) is 18.3 Å². The summed E-state index contributed by atoms with van der Waals surface area (Å²) in [6.07, 6.45) is 6.57. The first-order chi connectivity index (χ1) is 8.25. The Morgan fingerprint density at radius 2 is 2.06 bits per heavy atom. The number of fused-ring (bicyclic) bond motifs is 1. The molecule has 3 nitrogen and oxygen atoms in total. The molecule has 0 bridgehead atoms. The molecule has 2 heterocycles. The lowest BCUT2D eigenvalue weighted by Gasteiger charge is -2.26. The Hall–Kier alpha value is -1.35. The number of aryl methyl sites for hydroxylation is 1. The molecule has 0 saturated heterocycles. The zero-order valence-electron chi connectivity index (χ0n) is 10.2. The highest BCUT2D eigenvalue weighted by atomic mass is 14.9. The zero-order valence-corrected chi connectivity index (χ0v) is 10.2. The van der Waals surface area contributed by atoms with Crippen molar-refractivity contribution in [1.82, 2.24) is 9.97 Å². The molecule has 1 aliphatic carbocycles. The zero-order chi connectivity index (χ0) is 11.8. The number of nitrogens with zero attached hydrogens (tertiary/aromatic N) is 1. The minimum absolute atomic E-state index is 0.412. The Kier molecular flexibility index (Phi) is 2.63. The quantitative estimate of drug-likeness (QED) is 0.790. The summed E-state index contributed by atoms with van der Waals surface area (Å²) in [6, 6.07) is 4.61. The van der Waals surface area contributed by atoms with Crippen LogP contribution in [0.5, 0.6) is 0 Å². The van der Waals surface area contributed by atoms with Gasteiger partial charge in [0, 0.05) is 23.3 Å². The van der Waals surface area contributed by atoms with E-state index < -0.39 is 0 Å². The van der Waals surface area contributed by atoms with Gasteiger partial charge in [0.1, 0.15) is 5.65 Å². The molecule has 90 valence electrons. The van der Waals surface area contributed by atoms with Crippen molar-refractivity contribution in [2.24, 2.45) is 5.73 Å². The van der Waals surface area contributed by atoms with Crippen LogP contribution in [0.4, 0.5) is 0 Å². The maximum Gasteiger partial charge on any atom is 0.137 e. The van der Waals surface area contributed by atoms with E-state index in [0.717, 1.165) is 18.5 Å². The predicted octanol–water partition coefficient (Wildman–Crippen LogP) is 2.86. The lowest BCUT2D eigenvalue weighted by molar-refractivity contribution is 0.396. The van der Waals surface area contributed by atoms with E-state index in [0.29, 0.717) is 12.0 Å². The number of H-pyrrole nitrogens is 1. The van der Waals surface area contributed by atoms with Gasteiger partial charge in [-0.25, -0.2) is 4.98 Å². The van der Waals surface area contributed by atoms with E-state index in [1.54, 1.807) is 0 Å². The van der Waals surface area contributed by atoms with E-state index >= 15 is 0 Å². The largest absolute Gasteiger partial charge is 0.343 e. The fourth-order valence-electron chi connectivity index (χ4n) is 3.10. The third-order valence-corrected chi connectivity index (χ3v) is 3.99. The molecule has 3 N–H and O–H groups in total. The Labute approximate surface area is 101 Å². The molecular weight excluding hydrogens is 210 g/mol. The predicted molar refractivity (Wildman–Crippen MR) is 70.0 cm³/mol. The molecule has 0 spiro atoms. The highest BCUT2D eigenvalue weighted by Gasteiger charge is 2.24. The molecule has 0 unspecified atom stereocenters. The van der Waals surface area contributed by atoms with Crippen LogP contribution in [-0.2, 0) is 0 Å². The van der Waals surface area contributed by atoms with Crippen LogP contribution in [-0.4, -0.2) is 16.0 Å². The number of hydrogen-bond donors (Lipinski definition) is 2. The van der Waals surface area contributed by atoms with E-state index in [2.05, 4.69) is 23.0 Å². The second-order valence-electron chi connectivity index (χ2n) is 5.17. The first-order valence-corrected chi connectivity index (χ1v) is 6.44. The van der Waals surface area contributed by atoms with Gasteiger partial charge in [0.2, 0.25) is 0 Å². The third kappa shape index (κ3) is 1.84. The summed E-state index contributed by atoms with van der Waals surface area (Å²) in [5, 5.41) is 1.30. The van der Waals surface area contributed by atoms with Gasteiger partial charge in [-0.2, -0.15) is 0 Å². The molecule has 0 atom stereocenters. The molecule has 17 heavy (non-hydrogen) atoms. The van der Waals surface area contributed by atoms with E-state index in [1.807, 2.05) is 12.3 Å². The van der Waals surface area contributed by atoms with Gasteiger partial charge in [0.25, 0.3) is 0 Å². The lowest BCUT2D eigenvalue weighted by atomic mass is 9.81. The van der Waals surface area contributed by atoms with Crippen molar-refractivity contribution < 1.29 is 0 Å². The molecule has 1 saturated carbocycles. The standard InChI is InChI=1S/C14H19N3/c1-9-13(10-4-6-11(15)7-5-10)12-3-2-8-16-14(12)17-9/h2-3,8,10-11H,4-7,15H2,1H3,(H,16,17). The van der Waals surface area contributed by atoms with Gasteiger partial charge in [0.15, 0.2) is 0 Å². The Morgan fingerprint density at radius 1 is 1.29 bits per heavy atom. The number of nitrogens with one attached hydrogen (secondary N) is 1. The van der Waals surface area contributed by atoms with Crippen molar-refractivity contribution >= 4 is 11.0 Å². The highest BCUT2D eigenvalue weighted by molar-refractivity contribution is 5.81.